The summed E-state index contributed by atoms with van der Waals surface area (Å²) in [6.07, 6.45) is 0.462. The second-order valence-electron chi connectivity index (χ2n) is 8.20. The summed E-state index contributed by atoms with van der Waals surface area (Å²) in [6, 6.07) is 6.27. The molecule has 2 saturated heterocycles. The van der Waals surface area contributed by atoms with Gasteiger partial charge in [-0.1, -0.05) is 30.3 Å². The van der Waals surface area contributed by atoms with Gasteiger partial charge in [0.2, 0.25) is 0 Å². The van der Waals surface area contributed by atoms with Gasteiger partial charge in [-0.25, -0.2) is 14.4 Å². The highest BCUT2D eigenvalue weighted by atomic mass is 16.6. The minimum Gasteiger partial charge on any atom is -0.378 e. The largest absolute Gasteiger partial charge is 0.418 e. The highest BCUT2D eigenvalue weighted by molar-refractivity contribution is 6.11. The van der Waals surface area contributed by atoms with Crippen LogP contribution in [0.25, 0.3) is 0 Å². The van der Waals surface area contributed by atoms with E-state index in [1.54, 1.807) is 0 Å². The molecule has 11 nitrogen and oxygen atoms in total. The Labute approximate surface area is 197 Å². The van der Waals surface area contributed by atoms with Crippen molar-refractivity contribution in [3.8, 4) is 0 Å². The molecule has 2 N–H and O–H groups in total. The number of rotatable bonds is 7. The molecule has 3 rings (SSSR count). The van der Waals surface area contributed by atoms with Crippen LogP contribution in [0, 0.1) is 0 Å². The van der Waals surface area contributed by atoms with Crippen LogP contribution in [0.3, 0.4) is 0 Å². The molecule has 0 aromatic heterocycles. The summed E-state index contributed by atoms with van der Waals surface area (Å²) in [7, 11) is 1.20. The van der Waals surface area contributed by atoms with Gasteiger partial charge < -0.3 is 19.7 Å². The molecule has 34 heavy (non-hydrogen) atoms. The molecule has 0 bridgehead atoms. The van der Waals surface area contributed by atoms with Crippen molar-refractivity contribution in [2.45, 2.75) is 37.8 Å². The summed E-state index contributed by atoms with van der Waals surface area (Å²) in [6.45, 7) is 1.91. The Balaban J connectivity index is 1.68. The molecule has 184 valence electrons. The highest BCUT2D eigenvalue weighted by Gasteiger charge is 2.37. The first-order chi connectivity index (χ1) is 16.4. The summed E-state index contributed by atoms with van der Waals surface area (Å²) in [5.41, 5.74) is 0.882. The van der Waals surface area contributed by atoms with Crippen LogP contribution in [0.4, 0.5) is 9.59 Å². The van der Waals surface area contributed by atoms with Crippen molar-refractivity contribution < 1.29 is 33.4 Å². The first-order valence-electron chi connectivity index (χ1n) is 11.3. The van der Waals surface area contributed by atoms with E-state index in [-0.39, 0.29) is 6.42 Å². The molecule has 2 aliphatic rings. The summed E-state index contributed by atoms with van der Waals surface area (Å²) >= 11 is 0. The number of ether oxygens (including phenoxy) is 2. The number of aryl methyl sites for hydroxylation is 1. The Morgan fingerprint density at radius 2 is 1.88 bits per heavy atom. The lowest BCUT2D eigenvalue weighted by atomic mass is 10.0. The molecule has 4 amide bonds. The predicted molar refractivity (Wildman–Crippen MR) is 120 cm³/mol. The number of nitrogens with zero attached hydrogens (tertiary/aromatic N) is 2. The number of esters is 1. The number of Topliss-reactive ketones (excluding diaryl/α,β-unsaturated/α-hetero) is 1. The summed E-state index contributed by atoms with van der Waals surface area (Å²) < 4.78 is 10.1. The van der Waals surface area contributed by atoms with Crippen LogP contribution in [-0.2, 0) is 30.3 Å². The molecule has 1 aromatic carbocycles. The third-order valence-corrected chi connectivity index (χ3v) is 5.79. The van der Waals surface area contributed by atoms with Crippen LogP contribution >= 0.6 is 0 Å². The van der Waals surface area contributed by atoms with E-state index in [0.29, 0.717) is 45.7 Å². The minimum atomic E-state index is -1.63. The first kappa shape index (κ1) is 25.3. The number of carbonyl (C=O) groups excluding carboxylic acids is 5. The molecule has 0 spiro atoms. The molecule has 2 atom stereocenters. The third-order valence-electron chi connectivity index (χ3n) is 5.79. The van der Waals surface area contributed by atoms with Crippen molar-refractivity contribution in [2.75, 3.05) is 39.9 Å². The van der Waals surface area contributed by atoms with Crippen molar-refractivity contribution in [3.63, 3.8) is 0 Å². The zero-order chi connectivity index (χ0) is 24.5. The fraction of sp³-hybridized carbons (Fsp3) is 0.522. The van der Waals surface area contributed by atoms with E-state index in [1.165, 1.54) is 11.9 Å². The Morgan fingerprint density at radius 3 is 2.53 bits per heavy atom. The molecule has 0 aliphatic carbocycles. The number of hydrogen-bond acceptors (Lipinski definition) is 8. The first-order valence-corrected chi connectivity index (χ1v) is 11.3. The lowest BCUT2D eigenvalue weighted by Crippen LogP contribution is -2.57. The fourth-order valence-corrected chi connectivity index (χ4v) is 3.83. The summed E-state index contributed by atoms with van der Waals surface area (Å²) in [5, 5.41) is 5.12. The number of hydrogen-bond donors (Lipinski definition) is 2. The van der Waals surface area contributed by atoms with Gasteiger partial charge >= 0.3 is 18.1 Å². The van der Waals surface area contributed by atoms with Crippen LogP contribution in [0.5, 0.6) is 0 Å². The van der Waals surface area contributed by atoms with Crippen LogP contribution in [0.15, 0.2) is 30.3 Å². The maximum Gasteiger partial charge on any atom is 0.418 e. The van der Waals surface area contributed by atoms with E-state index in [9.17, 15) is 24.0 Å². The maximum absolute atomic E-state index is 13.1. The molecule has 1 aromatic rings. The second-order valence-corrected chi connectivity index (χ2v) is 8.20. The quantitative estimate of drug-likeness (QED) is 0.430. The number of imide groups is 1. The van der Waals surface area contributed by atoms with Gasteiger partial charge in [0.1, 0.15) is 6.04 Å². The maximum atomic E-state index is 13.1. The Kier molecular flexibility index (Phi) is 9.11. The molecule has 0 radical (unpaired) electrons. The van der Waals surface area contributed by atoms with Crippen molar-refractivity contribution >= 4 is 29.8 Å². The van der Waals surface area contributed by atoms with Crippen LogP contribution in [0.2, 0.25) is 0 Å². The van der Waals surface area contributed by atoms with Crippen molar-refractivity contribution in [2.24, 2.45) is 0 Å². The average molecular weight is 475 g/mol. The topological polar surface area (TPSA) is 134 Å². The third kappa shape index (κ3) is 6.84. The Hall–Kier alpha value is -3.31. The van der Waals surface area contributed by atoms with E-state index in [0.717, 1.165) is 16.9 Å². The van der Waals surface area contributed by atoms with Crippen molar-refractivity contribution in [1.82, 2.24) is 20.4 Å². The van der Waals surface area contributed by atoms with Gasteiger partial charge in [0.05, 0.1) is 13.2 Å². The molecule has 1 unspecified atom stereocenters. The normalized spacial score (nSPS) is 18.6. The Bertz CT molecular complexity index is 896. The summed E-state index contributed by atoms with van der Waals surface area (Å²) in [4.78, 5) is 65.5. The van der Waals surface area contributed by atoms with Gasteiger partial charge in [-0.15, -0.1) is 0 Å². The van der Waals surface area contributed by atoms with Crippen LogP contribution in [0.1, 0.15) is 24.8 Å². The number of urea groups is 1. The second kappa shape index (κ2) is 12.2. The van der Waals surface area contributed by atoms with E-state index in [2.05, 4.69) is 10.6 Å². The number of benzene rings is 1. The zero-order valence-electron chi connectivity index (χ0n) is 19.2. The van der Waals surface area contributed by atoms with Crippen LogP contribution in [-0.4, -0.2) is 91.6 Å². The molecule has 0 saturated carbocycles. The van der Waals surface area contributed by atoms with E-state index in [4.69, 9.17) is 9.47 Å². The predicted octanol–water partition coefficient (Wildman–Crippen LogP) is 0.472. The average Bonchev–Trinajstić information content (AvgIpc) is 3.39. The Morgan fingerprint density at radius 1 is 1.18 bits per heavy atom. The van der Waals surface area contributed by atoms with E-state index >= 15 is 0 Å². The molecule has 2 heterocycles. The van der Waals surface area contributed by atoms with Gasteiger partial charge in [-0.2, -0.15) is 0 Å². The minimum absolute atomic E-state index is 0.0520. The molecule has 2 aliphatic heterocycles. The van der Waals surface area contributed by atoms with Gasteiger partial charge in [0, 0.05) is 26.6 Å². The molecular formula is C23H30N4O7. The van der Waals surface area contributed by atoms with Crippen molar-refractivity contribution in [3.05, 3.63) is 35.9 Å². The van der Waals surface area contributed by atoms with Gasteiger partial charge in [0.25, 0.3) is 5.91 Å². The molecule has 11 heteroatoms. The zero-order valence-corrected chi connectivity index (χ0v) is 19.2. The molecule has 2 fully saturated rings. The standard InChI is InChI=1S/C23H30N4O7/c1-26(23(32)34-21(30)17-8-5-11-24-17)19(18(28)10-9-16-6-3-2-4-7-16)20(29)25-22(31)27-12-14-33-15-13-27/h2-4,6-7,17,19,24H,5,8-15H2,1H3,(H,25,29,31)/t17-,19?/m0/s1. The lowest BCUT2D eigenvalue weighted by molar-refractivity contribution is -0.143. The smallest absolute Gasteiger partial charge is 0.378 e. The fourth-order valence-electron chi connectivity index (χ4n) is 3.83. The van der Waals surface area contributed by atoms with Crippen LogP contribution < -0.4 is 10.6 Å². The van der Waals surface area contributed by atoms with E-state index in [1.807, 2.05) is 30.3 Å². The van der Waals surface area contributed by atoms with Gasteiger partial charge in [-0.05, 0) is 31.4 Å². The number of ketones is 1. The molecular weight excluding hydrogens is 444 g/mol. The summed E-state index contributed by atoms with van der Waals surface area (Å²) in [5.74, 6) is -2.31. The number of amides is 4. The van der Waals surface area contributed by atoms with Crippen molar-refractivity contribution in [1.29, 1.82) is 0 Å². The van der Waals surface area contributed by atoms with Gasteiger partial charge in [0.15, 0.2) is 11.8 Å². The SMILES string of the molecule is CN(C(=O)OC(=O)[C@@H]1CCCN1)C(C(=O)CCc1ccccc1)C(=O)NC(=O)N1CCOCC1. The number of carbonyl (C=O) groups is 5. The monoisotopic (exact) mass is 474 g/mol. The number of nitrogens with one attached hydrogen (secondary N) is 2. The number of likely N-dealkylation sites (N-methyl/N-ethyl adjacent to an activating group) is 1. The lowest BCUT2D eigenvalue weighted by Gasteiger charge is -2.29. The number of morpholine rings is 1. The van der Waals surface area contributed by atoms with Gasteiger partial charge in [-0.3, -0.25) is 19.8 Å². The highest BCUT2D eigenvalue weighted by Crippen LogP contribution is 2.12. The van der Waals surface area contributed by atoms with E-state index < -0.39 is 41.9 Å².